The Morgan fingerprint density at radius 3 is 2.57 bits per heavy atom. The Bertz CT molecular complexity index is 619. The molecule has 0 spiro atoms. The summed E-state index contributed by atoms with van der Waals surface area (Å²) < 4.78 is 0. The van der Waals surface area contributed by atoms with Gasteiger partial charge in [-0.1, -0.05) is 24.3 Å². The van der Waals surface area contributed by atoms with Gasteiger partial charge in [0.2, 0.25) is 0 Å². The average molecular weight is 352 g/mol. The van der Waals surface area contributed by atoms with E-state index in [0.717, 1.165) is 18.8 Å². The van der Waals surface area contributed by atoms with Gasteiger partial charge in [-0.25, -0.2) is 0 Å². The molecule has 2 aromatic rings. The van der Waals surface area contributed by atoms with E-state index < -0.39 is 0 Å². The average Bonchev–Trinajstić information content (AvgIpc) is 2.54. The highest BCUT2D eigenvalue weighted by Gasteiger charge is 2.02. The molecule has 5 heteroatoms. The fraction of sp³-hybridized carbons (Fsp3) is 0.333. The molecule has 23 heavy (non-hydrogen) atoms. The molecule has 0 radical (unpaired) electrons. The number of halogens is 1. The number of thiol groups is 1. The monoisotopic (exact) mass is 351 g/mol. The van der Waals surface area contributed by atoms with E-state index in [9.17, 15) is 0 Å². The summed E-state index contributed by atoms with van der Waals surface area (Å²) in [6.07, 6.45) is 0. The standard InChI is InChI=1S/C18H25N3S.ClH/c1-13-5-3-8-18(14(13)2)21-10-15-6-4-7-17(9-15)20-11-16(19)12-22;/h3-9,16,20-22H,10-12,19H2,1-2H3;1H/t16-;/m1./s1. The van der Waals surface area contributed by atoms with Crippen LogP contribution in [0.3, 0.4) is 0 Å². The van der Waals surface area contributed by atoms with Gasteiger partial charge >= 0.3 is 0 Å². The summed E-state index contributed by atoms with van der Waals surface area (Å²) in [5, 5.41) is 6.86. The van der Waals surface area contributed by atoms with Gasteiger partial charge in [0.05, 0.1) is 0 Å². The fourth-order valence-electron chi connectivity index (χ4n) is 2.24. The zero-order valence-electron chi connectivity index (χ0n) is 13.7. The first-order chi connectivity index (χ1) is 10.6. The normalized spacial score (nSPS) is 11.5. The third kappa shape index (κ3) is 5.98. The topological polar surface area (TPSA) is 50.1 Å². The minimum Gasteiger partial charge on any atom is -0.383 e. The Hall–Kier alpha value is -1.36. The van der Waals surface area contributed by atoms with Crippen LogP contribution in [0, 0.1) is 13.8 Å². The Morgan fingerprint density at radius 2 is 1.83 bits per heavy atom. The predicted octanol–water partition coefficient (Wildman–Crippen LogP) is 4.01. The second kappa shape index (κ2) is 9.71. The van der Waals surface area contributed by atoms with Crippen LogP contribution in [0.4, 0.5) is 11.4 Å². The first-order valence-electron chi connectivity index (χ1n) is 7.59. The molecular weight excluding hydrogens is 326 g/mol. The molecule has 3 nitrogen and oxygen atoms in total. The van der Waals surface area contributed by atoms with Crippen LogP contribution in [0.1, 0.15) is 16.7 Å². The summed E-state index contributed by atoms with van der Waals surface area (Å²) in [6, 6.07) is 14.8. The Morgan fingerprint density at radius 1 is 1.09 bits per heavy atom. The largest absolute Gasteiger partial charge is 0.383 e. The molecule has 2 aromatic carbocycles. The maximum Gasteiger partial charge on any atom is 0.0401 e. The van der Waals surface area contributed by atoms with Crippen molar-refractivity contribution in [1.82, 2.24) is 0 Å². The van der Waals surface area contributed by atoms with Gasteiger partial charge < -0.3 is 16.4 Å². The van der Waals surface area contributed by atoms with Gasteiger partial charge in [0.15, 0.2) is 0 Å². The van der Waals surface area contributed by atoms with Crippen LogP contribution in [0.15, 0.2) is 42.5 Å². The van der Waals surface area contributed by atoms with Crippen LogP contribution in [0.25, 0.3) is 0 Å². The van der Waals surface area contributed by atoms with E-state index >= 15 is 0 Å². The summed E-state index contributed by atoms with van der Waals surface area (Å²) >= 11 is 4.20. The second-order valence-corrected chi connectivity index (χ2v) is 5.99. The molecule has 0 aliphatic rings. The fourth-order valence-corrected chi connectivity index (χ4v) is 2.37. The number of anilines is 2. The number of benzene rings is 2. The summed E-state index contributed by atoms with van der Waals surface area (Å²) in [5.74, 6) is 0.681. The number of hydrogen-bond donors (Lipinski definition) is 4. The van der Waals surface area contributed by atoms with E-state index in [0.29, 0.717) is 5.75 Å². The molecule has 0 aliphatic heterocycles. The smallest absolute Gasteiger partial charge is 0.0401 e. The van der Waals surface area contributed by atoms with E-state index in [-0.39, 0.29) is 18.4 Å². The van der Waals surface area contributed by atoms with Gasteiger partial charge in [-0.3, -0.25) is 0 Å². The van der Waals surface area contributed by atoms with Crippen molar-refractivity contribution < 1.29 is 0 Å². The first-order valence-corrected chi connectivity index (χ1v) is 8.22. The third-order valence-electron chi connectivity index (χ3n) is 3.82. The van der Waals surface area contributed by atoms with Gasteiger partial charge in [0.1, 0.15) is 0 Å². The maximum absolute atomic E-state index is 5.87. The number of hydrogen-bond acceptors (Lipinski definition) is 4. The molecule has 0 amide bonds. The van der Waals surface area contributed by atoms with Crippen LogP contribution >= 0.6 is 25.0 Å². The third-order valence-corrected chi connectivity index (χ3v) is 4.29. The Kier molecular flexibility index (Phi) is 8.31. The quantitative estimate of drug-likeness (QED) is 0.570. The minimum absolute atomic E-state index is 0. The van der Waals surface area contributed by atoms with Crippen molar-refractivity contribution in [1.29, 1.82) is 0 Å². The van der Waals surface area contributed by atoms with Crippen LogP contribution in [0.2, 0.25) is 0 Å². The van der Waals surface area contributed by atoms with Crippen molar-refractivity contribution in [2.45, 2.75) is 26.4 Å². The van der Waals surface area contributed by atoms with Crippen molar-refractivity contribution in [3.8, 4) is 0 Å². The van der Waals surface area contributed by atoms with Gasteiger partial charge in [0.25, 0.3) is 0 Å². The Balaban J connectivity index is 0.00000264. The van der Waals surface area contributed by atoms with Crippen LogP contribution in [0.5, 0.6) is 0 Å². The number of nitrogens with one attached hydrogen (secondary N) is 2. The number of rotatable bonds is 7. The first kappa shape index (κ1) is 19.7. The molecule has 0 saturated heterocycles. The van der Waals surface area contributed by atoms with E-state index in [4.69, 9.17) is 5.73 Å². The SMILES string of the molecule is Cc1cccc(NCc2cccc(NC[C@@H](N)CS)c2)c1C.Cl. The highest BCUT2D eigenvalue weighted by atomic mass is 35.5. The zero-order valence-corrected chi connectivity index (χ0v) is 15.4. The molecule has 0 bridgehead atoms. The van der Waals surface area contributed by atoms with Crippen LogP contribution < -0.4 is 16.4 Å². The molecule has 0 unspecified atom stereocenters. The van der Waals surface area contributed by atoms with Gasteiger partial charge in [0, 0.05) is 36.3 Å². The van der Waals surface area contributed by atoms with Crippen molar-refractivity contribution in [2.75, 3.05) is 22.9 Å². The van der Waals surface area contributed by atoms with Gasteiger partial charge in [-0.05, 0) is 48.7 Å². The highest BCUT2D eigenvalue weighted by Crippen LogP contribution is 2.19. The van der Waals surface area contributed by atoms with Crippen LogP contribution in [-0.4, -0.2) is 18.3 Å². The van der Waals surface area contributed by atoms with E-state index in [2.05, 4.69) is 79.6 Å². The molecule has 0 aromatic heterocycles. The molecule has 1 atom stereocenters. The maximum atomic E-state index is 5.87. The van der Waals surface area contributed by atoms with E-state index in [1.807, 2.05) is 0 Å². The highest BCUT2D eigenvalue weighted by molar-refractivity contribution is 7.80. The van der Waals surface area contributed by atoms with E-state index in [1.54, 1.807) is 0 Å². The molecule has 126 valence electrons. The van der Waals surface area contributed by atoms with Crippen molar-refractivity contribution in [3.63, 3.8) is 0 Å². The summed E-state index contributed by atoms with van der Waals surface area (Å²) in [6.45, 7) is 5.82. The summed E-state index contributed by atoms with van der Waals surface area (Å²) in [4.78, 5) is 0. The van der Waals surface area contributed by atoms with Gasteiger partial charge in [-0.2, -0.15) is 12.6 Å². The molecule has 0 saturated carbocycles. The number of aryl methyl sites for hydroxylation is 1. The lowest BCUT2D eigenvalue weighted by Crippen LogP contribution is -2.30. The van der Waals surface area contributed by atoms with Crippen molar-refractivity contribution in [2.24, 2.45) is 5.73 Å². The lowest BCUT2D eigenvalue weighted by Gasteiger charge is -2.14. The summed E-state index contributed by atoms with van der Waals surface area (Å²) in [5.41, 5.74) is 12.0. The number of nitrogens with two attached hydrogens (primary N) is 1. The molecule has 0 heterocycles. The molecular formula is C18H26ClN3S. The molecule has 4 N–H and O–H groups in total. The lowest BCUT2D eigenvalue weighted by atomic mass is 10.1. The Labute approximate surface area is 150 Å². The zero-order chi connectivity index (χ0) is 15.9. The lowest BCUT2D eigenvalue weighted by molar-refractivity contribution is 0.793. The van der Waals surface area contributed by atoms with Crippen molar-refractivity contribution >= 4 is 36.4 Å². The minimum atomic E-state index is 0. The van der Waals surface area contributed by atoms with Crippen molar-refractivity contribution in [3.05, 3.63) is 59.2 Å². The summed E-state index contributed by atoms with van der Waals surface area (Å²) in [7, 11) is 0. The van der Waals surface area contributed by atoms with E-state index in [1.165, 1.54) is 22.4 Å². The van der Waals surface area contributed by atoms with Crippen LogP contribution in [-0.2, 0) is 6.54 Å². The predicted molar refractivity (Wildman–Crippen MR) is 107 cm³/mol. The second-order valence-electron chi connectivity index (χ2n) is 5.62. The molecule has 2 rings (SSSR count). The van der Waals surface area contributed by atoms with Gasteiger partial charge in [-0.15, -0.1) is 12.4 Å². The molecule has 0 fully saturated rings. The molecule has 0 aliphatic carbocycles.